The van der Waals surface area contributed by atoms with Crippen LogP contribution in [0.2, 0.25) is 0 Å². The van der Waals surface area contributed by atoms with Crippen LogP contribution in [-0.4, -0.2) is 91.8 Å². The number of likely N-dealkylation sites (N-methyl/N-ethyl adjacent to an activating group) is 1. The lowest BCUT2D eigenvalue weighted by atomic mass is 9.99. The minimum Gasteiger partial charge on any atom is -0.396 e. The van der Waals surface area contributed by atoms with Gasteiger partial charge in [-0.2, -0.15) is 0 Å². The van der Waals surface area contributed by atoms with E-state index in [9.17, 15) is 9.90 Å². The highest BCUT2D eigenvalue weighted by Gasteiger charge is 2.26. The van der Waals surface area contributed by atoms with Crippen molar-refractivity contribution in [2.24, 2.45) is 5.92 Å². The van der Waals surface area contributed by atoms with Crippen LogP contribution in [-0.2, 0) is 0 Å². The van der Waals surface area contributed by atoms with Crippen LogP contribution in [0.15, 0.2) is 0 Å². The molecule has 6 heteroatoms. The van der Waals surface area contributed by atoms with E-state index in [0.29, 0.717) is 12.6 Å². The van der Waals surface area contributed by atoms with Crippen LogP contribution in [0, 0.1) is 5.92 Å². The van der Waals surface area contributed by atoms with Gasteiger partial charge >= 0.3 is 6.03 Å². The maximum absolute atomic E-state index is 12.3. The summed E-state index contributed by atoms with van der Waals surface area (Å²) in [7, 11) is 4.20. The van der Waals surface area contributed by atoms with E-state index in [1.54, 1.807) is 0 Å². The summed E-state index contributed by atoms with van der Waals surface area (Å²) in [4.78, 5) is 18.9. The van der Waals surface area contributed by atoms with Crippen molar-refractivity contribution in [3.05, 3.63) is 0 Å². The Hall–Kier alpha value is -0.850. The minimum atomic E-state index is 0.0601. The Morgan fingerprint density at radius 1 is 1.23 bits per heavy atom. The van der Waals surface area contributed by atoms with Gasteiger partial charge in [0.15, 0.2) is 0 Å². The Labute approximate surface area is 134 Å². The zero-order chi connectivity index (χ0) is 15.9. The molecule has 2 aliphatic rings. The van der Waals surface area contributed by atoms with E-state index in [4.69, 9.17) is 0 Å². The van der Waals surface area contributed by atoms with E-state index in [1.165, 1.54) is 0 Å². The number of aliphatic hydroxyl groups is 1. The van der Waals surface area contributed by atoms with Crippen molar-refractivity contribution in [2.75, 3.05) is 60.0 Å². The van der Waals surface area contributed by atoms with Crippen LogP contribution >= 0.6 is 0 Å². The van der Waals surface area contributed by atoms with Gasteiger partial charge in [-0.05, 0) is 45.7 Å². The molecule has 2 N–H and O–H groups in total. The van der Waals surface area contributed by atoms with E-state index in [2.05, 4.69) is 29.2 Å². The Balaban J connectivity index is 1.68. The fraction of sp³-hybridized carbons (Fsp3) is 0.938. The molecule has 0 aromatic rings. The number of nitrogens with zero attached hydrogens (tertiary/aromatic N) is 3. The first kappa shape index (κ1) is 17.5. The number of nitrogens with one attached hydrogen (secondary N) is 1. The van der Waals surface area contributed by atoms with Crippen molar-refractivity contribution in [1.82, 2.24) is 20.0 Å². The topological polar surface area (TPSA) is 59.0 Å². The number of carbonyl (C=O) groups excluding carboxylic acids is 1. The van der Waals surface area contributed by atoms with Crippen molar-refractivity contribution < 1.29 is 9.90 Å². The predicted molar refractivity (Wildman–Crippen MR) is 87.9 cm³/mol. The quantitative estimate of drug-likeness (QED) is 0.773. The lowest BCUT2D eigenvalue weighted by Gasteiger charge is -2.36. The predicted octanol–water partition coefficient (Wildman–Crippen LogP) is 0.426. The lowest BCUT2D eigenvalue weighted by molar-refractivity contribution is 0.123. The molecule has 2 aliphatic heterocycles. The first-order valence-corrected chi connectivity index (χ1v) is 8.62. The largest absolute Gasteiger partial charge is 0.396 e. The second-order valence-corrected chi connectivity index (χ2v) is 7.01. The Morgan fingerprint density at radius 3 is 2.59 bits per heavy atom. The average molecular weight is 312 g/mol. The van der Waals surface area contributed by atoms with E-state index < -0.39 is 0 Å². The van der Waals surface area contributed by atoms with Gasteiger partial charge in [-0.3, -0.25) is 0 Å². The normalized spacial score (nSPS) is 24.7. The van der Waals surface area contributed by atoms with Gasteiger partial charge in [0.05, 0.1) is 0 Å². The summed E-state index contributed by atoms with van der Waals surface area (Å²) < 4.78 is 0. The van der Waals surface area contributed by atoms with Gasteiger partial charge in [0, 0.05) is 51.9 Å². The first-order valence-electron chi connectivity index (χ1n) is 8.62. The van der Waals surface area contributed by atoms with E-state index in [-0.39, 0.29) is 18.6 Å². The summed E-state index contributed by atoms with van der Waals surface area (Å²) in [6.45, 7) is 6.05. The summed E-state index contributed by atoms with van der Waals surface area (Å²) in [6, 6.07) is 0.363. The molecule has 0 aromatic heterocycles. The molecule has 0 radical (unpaired) electrons. The molecule has 2 fully saturated rings. The summed E-state index contributed by atoms with van der Waals surface area (Å²) in [5, 5.41) is 12.5. The molecule has 1 atom stereocenters. The molecule has 0 bridgehead atoms. The van der Waals surface area contributed by atoms with Crippen LogP contribution < -0.4 is 5.32 Å². The second-order valence-electron chi connectivity index (χ2n) is 7.01. The van der Waals surface area contributed by atoms with E-state index in [0.717, 1.165) is 58.4 Å². The number of amides is 2. The van der Waals surface area contributed by atoms with Crippen LogP contribution in [0.4, 0.5) is 4.79 Å². The monoisotopic (exact) mass is 312 g/mol. The van der Waals surface area contributed by atoms with Gasteiger partial charge in [-0.25, -0.2) is 4.79 Å². The SMILES string of the molecule is CN(C)CCN1CCC(NC(=O)N2CCCC(CO)C2)CC1. The van der Waals surface area contributed by atoms with Crippen molar-refractivity contribution >= 4 is 6.03 Å². The summed E-state index contributed by atoms with van der Waals surface area (Å²) >= 11 is 0. The van der Waals surface area contributed by atoms with Crippen LogP contribution in [0.3, 0.4) is 0 Å². The molecular formula is C16H32N4O2. The third-order valence-electron chi connectivity index (χ3n) is 4.84. The molecule has 2 heterocycles. The highest BCUT2D eigenvalue weighted by atomic mass is 16.3. The molecule has 128 valence electrons. The van der Waals surface area contributed by atoms with Crippen LogP contribution in [0.5, 0.6) is 0 Å². The summed E-state index contributed by atoms with van der Waals surface area (Å²) in [5.74, 6) is 0.257. The summed E-state index contributed by atoms with van der Waals surface area (Å²) in [6.07, 6.45) is 4.11. The van der Waals surface area contributed by atoms with Crippen molar-refractivity contribution in [2.45, 2.75) is 31.7 Å². The fourth-order valence-corrected chi connectivity index (χ4v) is 3.31. The van der Waals surface area contributed by atoms with E-state index >= 15 is 0 Å². The van der Waals surface area contributed by atoms with Crippen LogP contribution in [0.25, 0.3) is 0 Å². The van der Waals surface area contributed by atoms with Gasteiger partial charge in [-0.1, -0.05) is 0 Å². The molecule has 2 amide bonds. The number of hydrogen-bond acceptors (Lipinski definition) is 4. The maximum atomic E-state index is 12.3. The van der Waals surface area contributed by atoms with Crippen molar-refractivity contribution in [1.29, 1.82) is 0 Å². The van der Waals surface area contributed by atoms with Gasteiger partial charge < -0.3 is 25.1 Å². The molecule has 2 rings (SSSR count). The summed E-state index contributed by atoms with van der Waals surface area (Å²) in [5.41, 5.74) is 0. The zero-order valence-electron chi connectivity index (χ0n) is 14.1. The molecule has 0 aliphatic carbocycles. The number of piperidine rings is 2. The molecule has 0 aromatic carbocycles. The van der Waals surface area contributed by atoms with Gasteiger partial charge in [0.1, 0.15) is 0 Å². The Bertz CT molecular complexity index is 343. The van der Waals surface area contributed by atoms with Crippen molar-refractivity contribution in [3.63, 3.8) is 0 Å². The number of urea groups is 1. The fourth-order valence-electron chi connectivity index (χ4n) is 3.31. The van der Waals surface area contributed by atoms with Gasteiger partial charge in [0.25, 0.3) is 0 Å². The number of aliphatic hydroxyl groups excluding tert-OH is 1. The smallest absolute Gasteiger partial charge is 0.317 e. The van der Waals surface area contributed by atoms with Crippen LogP contribution in [0.1, 0.15) is 25.7 Å². The van der Waals surface area contributed by atoms with Gasteiger partial charge in [-0.15, -0.1) is 0 Å². The molecule has 6 nitrogen and oxygen atoms in total. The number of likely N-dealkylation sites (tertiary alicyclic amines) is 2. The molecule has 1 unspecified atom stereocenters. The molecule has 0 spiro atoms. The number of rotatable bonds is 5. The number of carbonyl (C=O) groups is 1. The highest BCUT2D eigenvalue weighted by Crippen LogP contribution is 2.17. The second kappa shape index (κ2) is 8.70. The first-order chi connectivity index (χ1) is 10.6. The molecule has 22 heavy (non-hydrogen) atoms. The standard InChI is InChI=1S/C16H32N4O2/c1-18(2)10-11-19-8-5-15(6-9-19)17-16(22)20-7-3-4-14(12-20)13-21/h14-15,21H,3-13H2,1-2H3,(H,17,22). The molecule has 2 saturated heterocycles. The average Bonchev–Trinajstić information content (AvgIpc) is 2.54. The van der Waals surface area contributed by atoms with E-state index in [1.807, 2.05) is 4.90 Å². The molecule has 0 saturated carbocycles. The lowest BCUT2D eigenvalue weighted by Crippen LogP contribution is -2.52. The highest BCUT2D eigenvalue weighted by molar-refractivity contribution is 5.74. The third-order valence-corrected chi connectivity index (χ3v) is 4.84. The van der Waals surface area contributed by atoms with Gasteiger partial charge in [0.2, 0.25) is 0 Å². The maximum Gasteiger partial charge on any atom is 0.317 e. The number of hydrogen-bond donors (Lipinski definition) is 2. The third kappa shape index (κ3) is 5.41. The minimum absolute atomic E-state index is 0.0601. The zero-order valence-corrected chi connectivity index (χ0v) is 14.1. The van der Waals surface area contributed by atoms with Crippen molar-refractivity contribution in [3.8, 4) is 0 Å². The Kier molecular flexibility index (Phi) is 6.92. The molecular weight excluding hydrogens is 280 g/mol. The Morgan fingerprint density at radius 2 is 1.95 bits per heavy atom.